The van der Waals surface area contributed by atoms with Gasteiger partial charge in [0.15, 0.2) is 0 Å². The van der Waals surface area contributed by atoms with E-state index in [1.165, 1.54) is 0 Å². The second-order valence-corrected chi connectivity index (χ2v) is 7.14. The van der Waals surface area contributed by atoms with Crippen molar-refractivity contribution in [2.45, 2.75) is 19.8 Å². The first-order chi connectivity index (χ1) is 10.4. The predicted molar refractivity (Wildman–Crippen MR) is 86.4 cm³/mol. The Morgan fingerprint density at radius 2 is 1.32 bits per heavy atom. The molecule has 0 aromatic heterocycles. The van der Waals surface area contributed by atoms with Crippen molar-refractivity contribution in [3.05, 3.63) is 71.8 Å². The highest BCUT2D eigenvalue weighted by Gasteiger charge is 2.29. The third kappa shape index (κ3) is 5.74. The molecular weight excluding hydrogens is 299 g/mol. The molecule has 118 valence electrons. The molecule has 0 spiro atoms. The van der Waals surface area contributed by atoms with E-state index in [1.807, 2.05) is 67.6 Å². The minimum absolute atomic E-state index is 0.00106. The Labute approximate surface area is 131 Å². The standard InChI is InChI=1S/C17H21O4P/c1-17(14-21-22(18,19)20,12-15-8-4-2-5-9-15)13-16-10-6-3-7-11-16/h2-11H,12-14H2,1H3,(H2,18,19,20). The van der Waals surface area contributed by atoms with Gasteiger partial charge in [-0.25, -0.2) is 4.57 Å². The Morgan fingerprint density at radius 3 is 1.68 bits per heavy atom. The lowest BCUT2D eigenvalue weighted by Crippen LogP contribution is -2.28. The maximum Gasteiger partial charge on any atom is 0.469 e. The van der Waals surface area contributed by atoms with Gasteiger partial charge in [0.1, 0.15) is 0 Å². The van der Waals surface area contributed by atoms with Gasteiger partial charge < -0.3 is 9.79 Å². The van der Waals surface area contributed by atoms with Crippen molar-refractivity contribution >= 4 is 7.82 Å². The highest BCUT2D eigenvalue weighted by molar-refractivity contribution is 7.46. The highest BCUT2D eigenvalue weighted by atomic mass is 31.2. The van der Waals surface area contributed by atoms with Crippen molar-refractivity contribution in [1.29, 1.82) is 0 Å². The first-order valence-corrected chi connectivity index (χ1v) is 8.67. The molecule has 22 heavy (non-hydrogen) atoms. The monoisotopic (exact) mass is 320 g/mol. The van der Waals surface area contributed by atoms with Gasteiger partial charge in [-0.05, 0) is 29.4 Å². The van der Waals surface area contributed by atoms with Gasteiger partial charge >= 0.3 is 7.82 Å². The Morgan fingerprint density at radius 1 is 0.909 bits per heavy atom. The summed E-state index contributed by atoms with van der Waals surface area (Å²) in [5, 5.41) is 0. The van der Waals surface area contributed by atoms with Crippen molar-refractivity contribution in [3.63, 3.8) is 0 Å². The molecule has 0 saturated heterocycles. The van der Waals surface area contributed by atoms with Gasteiger partial charge in [-0.1, -0.05) is 67.6 Å². The zero-order chi connectivity index (χ0) is 16.1. The molecule has 0 heterocycles. The van der Waals surface area contributed by atoms with Crippen LogP contribution in [0, 0.1) is 5.41 Å². The van der Waals surface area contributed by atoms with E-state index in [0.29, 0.717) is 12.8 Å². The lowest BCUT2D eigenvalue weighted by Gasteiger charge is -2.30. The van der Waals surface area contributed by atoms with Gasteiger partial charge in [0.25, 0.3) is 0 Å². The first-order valence-electron chi connectivity index (χ1n) is 7.14. The van der Waals surface area contributed by atoms with E-state index in [1.54, 1.807) is 0 Å². The fourth-order valence-corrected chi connectivity index (χ4v) is 3.06. The first kappa shape index (κ1) is 16.9. The smallest absolute Gasteiger partial charge is 0.303 e. The summed E-state index contributed by atoms with van der Waals surface area (Å²) in [6, 6.07) is 19.8. The summed E-state index contributed by atoms with van der Waals surface area (Å²) in [7, 11) is -4.47. The maximum atomic E-state index is 11.1. The van der Waals surface area contributed by atoms with Crippen molar-refractivity contribution in [2.75, 3.05) is 6.61 Å². The van der Waals surface area contributed by atoms with Crippen LogP contribution in [0.5, 0.6) is 0 Å². The van der Waals surface area contributed by atoms with Crippen molar-refractivity contribution in [2.24, 2.45) is 5.41 Å². The zero-order valence-corrected chi connectivity index (χ0v) is 13.4. The average Bonchev–Trinajstić information content (AvgIpc) is 2.47. The SMILES string of the molecule is CC(COP(=O)(O)O)(Cc1ccccc1)Cc1ccccc1. The van der Waals surface area contributed by atoms with Gasteiger partial charge in [0, 0.05) is 0 Å². The van der Waals surface area contributed by atoms with Crippen LogP contribution in [-0.2, 0) is 21.9 Å². The molecule has 2 aromatic carbocycles. The van der Waals surface area contributed by atoms with Crippen LogP contribution in [0.25, 0.3) is 0 Å². The minimum Gasteiger partial charge on any atom is -0.303 e. The summed E-state index contributed by atoms with van der Waals surface area (Å²) in [6.07, 6.45) is 1.37. The van der Waals surface area contributed by atoms with E-state index >= 15 is 0 Å². The number of rotatable bonds is 7. The van der Waals surface area contributed by atoms with Crippen molar-refractivity contribution in [3.8, 4) is 0 Å². The summed E-state index contributed by atoms with van der Waals surface area (Å²) in [5.74, 6) is 0. The average molecular weight is 320 g/mol. The highest BCUT2D eigenvalue weighted by Crippen LogP contribution is 2.40. The molecule has 2 N–H and O–H groups in total. The normalized spacial score (nSPS) is 12.3. The predicted octanol–water partition coefficient (Wildman–Crippen LogP) is 3.59. The zero-order valence-electron chi connectivity index (χ0n) is 12.6. The van der Waals surface area contributed by atoms with Crippen LogP contribution in [0.2, 0.25) is 0 Å². The third-order valence-corrected chi connectivity index (χ3v) is 3.99. The Kier molecular flexibility index (Phi) is 5.54. The van der Waals surface area contributed by atoms with E-state index in [9.17, 15) is 4.57 Å². The third-order valence-electron chi connectivity index (χ3n) is 3.53. The minimum atomic E-state index is -4.47. The molecule has 5 heteroatoms. The number of phosphoric ester groups is 1. The molecule has 0 aliphatic rings. The largest absolute Gasteiger partial charge is 0.469 e. The molecule has 0 amide bonds. The van der Waals surface area contributed by atoms with E-state index in [0.717, 1.165) is 11.1 Å². The summed E-state index contributed by atoms with van der Waals surface area (Å²) >= 11 is 0. The fourth-order valence-electron chi connectivity index (χ4n) is 2.58. The summed E-state index contributed by atoms with van der Waals surface area (Å²) in [5.41, 5.74) is 1.84. The van der Waals surface area contributed by atoms with Gasteiger partial charge in [0.2, 0.25) is 0 Å². The summed E-state index contributed by atoms with van der Waals surface area (Å²) < 4.78 is 15.9. The summed E-state index contributed by atoms with van der Waals surface area (Å²) in [4.78, 5) is 18.0. The van der Waals surface area contributed by atoms with Crippen molar-refractivity contribution < 1.29 is 18.9 Å². The molecule has 0 aliphatic heterocycles. The van der Waals surface area contributed by atoms with Crippen LogP contribution in [0.4, 0.5) is 0 Å². The van der Waals surface area contributed by atoms with E-state index in [4.69, 9.17) is 14.3 Å². The molecule has 0 unspecified atom stereocenters. The van der Waals surface area contributed by atoms with Crippen LogP contribution in [0.1, 0.15) is 18.1 Å². The van der Waals surface area contributed by atoms with Gasteiger partial charge in [-0.15, -0.1) is 0 Å². The van der Waals surface area contributed by atoms with Gasteiger partial charge in [-0.3, -0.25) is 4.52 Å². The van der Waals surface area contributed by atoms with Gasteiger partial charge in [-0.2, -0.15) is 0 Å². The Hall–Kier alpha value is -1.45. The van der Waals surface area contributed by atoms with Crippen LogP contribution >= 0.6 is 7.82 Å². The van der Waals surface area contributed by atoms with Crippen LogP contribution in [-0.4, -0.2) is 16.4 Å². The molecule has 0 aliphatic carbocycles. The Bertz CT molecular complexity index is 580. The second-order valence-electron chi connectivity index (χ2n) is 5.90. The molecule has 0 fully saturated rings. The molecule has 0 radical (unpaired) electrons. The van der Waals surface area contributed by atoms with E-state index in [-0.39, 0.29) is 6.61 Å². The number of phosphoric acid groups is 1. The molecule has 0 atom stereocenters. The van der Waals surface area contributed by atoms with E-state index in [2.05, 4.69) is 0 Å². The second kappa shape index (κ2) is 7.21. The molecule has 2 aromatic rings. The van der Waals surface area contributed by atoms with Crippen LogP contribution < -0.4 is 0 Å². The van der Waals surface area contributed by atoms with Gasteiger partial charge in [0.05, 0.1) is 6.61 Å². The quantitative estimate of drug-likeness (QED) is 0.765. The number of benzene rings is 2. The lowest BCUT2D eigenvalue weighted by molar-refractivity contribution is 0.117. The molecule has 0 bridgehead atoms. The lowest BCUT2D eigenvalue weighted by atomic mass is 9.79. The topological polar surface area (TPSA) is 66.8 Å². The fraction of sp³-hybridized carbons (Fsp3) is 0.294. The number of hydrogen-bond donors (Lipinski definition) is 2. The molecule has 2 rings (SSSR count). The molecule has 0 saturated carbocycles. The van der Waals surface area contributed by atoms with E-state index < -0.39 is 13.2 Å². The van der Waals surface area contributed by atoms with Crippen LogP contribution in [0.3, 0.4) is 0 Å². The van der Waals surface area contributed by atoms with Crippen LogP contribution in [0.15, 0.2) is 60.7 Å². The Balaban J connectivity index is 2.17. The maximum absolute atomic E-state index is 11.1. The summed E-state index contributed by atoms with van der Waals surface area (Å²) in [6.45, 7) is 1.99. The number of hydrogen-bond acceptors (Lipinski definition) is 2. The molecular formula is C17H21O4P. The van der Waals surface area contributed by atoms with Crippen molar-refractivity contribution in [1.82, 2.24) is 0 Å². The molecule has 4 nitrogen and oxygen atoms in total.